The molecule has 0 amide bonds. The van der Waals surface area contributed by atoms with Gasteiger partial charge in [0.05, 0.1) is 4.92 Å². The lowest BCUT2D eigenvalue weighted by Crippen LogP contribution is -2.23. The van der Waals surface area contributed by atoms with Crippen molar-refractivity contribution in [2.24, 2.45) is 0 Å². The lowest BCUT2D eigenvalue weighted by atomic mass is 10.0. The zero-order valence-corrected chi connectivity index (χ0v) is 13.0. The smallest absolute Gasteiger partial charge is 0.269 e. The lowest BCUT2D eigenvalue weighted by Gasteiger charge is -2.18. The van der Waals surface area contributed by atoms with Gasteiger partial charge in [0.15, 0.2) is 0 Å². The number of ether oxygens (including phenoxy) is 1. The summed E-state index contributed by atoms with van der Waals surface area (Å²) < 4.78 is 5.45. The zero-order valence-electron chi connectivity index (χ0n) is 13.0. The lowest BCUT2D eigenvalue weighted by molar-refractivity contribution is -0.384. The predicted molar refractivity (Wildman–Crippen MR) is 84.5 cm³/mol. The minimum absolute atomic E-state index is 0.154. The number of nitro groups is 1. The van der Waals surface area contributed by atoms with Crippen molar-refractivity contribution < 1.29 is 9.66 Å². The zero-order chi connectivity index (χ0) is 15.5. The number of nitrogens with one attached hydrogen (secondary N) is 1. The average Bonchev–Trinajstić information content (AvgIpc) is 2.49. The molecule has 1 aromatic carbocycles. The Kier molecular flexibility index (Phi) is 8.62. The van der Waals surface area contributed by atoms with Gasteiger partial charge in [-0.1, -0.05) is 32.4 Å². The first-order valence-corrected chi connectivity index (χ1v) is 7.74. The maximum atomic E-state index is 10.9. The van der Waals surface area contributed by atoms with Crippen LogP contribution in [0.2, 0.25) is 0 Å². The van der Waals surface area contributed by atoms with E-state index in [1.54, 1.807) is 12.1 Å². The Morgan fingerprint density at radius 3 is 2.76 bits per heavy atom. The van der Waals surface area contributed by atoms with E-state index in [-0.39, 0.29) is 16.7 Å². The van der Waals surface area contributed by atoms with E-state index in [9.17, 15) is 10.1 Å². The monoisotopic (exact) mass is 294 g/mol. The Balaban J connectivity index is 2.52. The fourth-order valence-corrected chi connectivity index (χ4v) is 2.23. The van der Waals surface area contributed by atoms with Gasteiger partial charge in [-0.15, -0.1) is 0 Å². The summed E-state index contributed by atoms with van der Waals surface area (Å²) in [7, 11) is 0. The van der Waals surface area contributed by atoms with E-state index in [0.717, 1.165) is 51.0 Å². The van der Waals surface area contributed by atoms with Crippen LogP contribution in [0.15, 0.2) is 24.3 Å². The Hall–Kier alpha value is -1.46. The van der Waals surface area contributed by atoms with Crippen molar-refractivity contribution in [2.45, 2.75) is 45.6 Å². The van der Waals surface area contributed by atoms with Gasteiger partial charge in [0.2, 0.25) is 0 Å². The van der Waals surface area contributed by atoms with Crippen molar-refractivity contribution in [3.8, 4) is 0 Å². The molecule has 21 heavy (non-hydrogen) atoms. The standard InChI is InChI=1S/C16H26N2O3/c1-3-7-16(17-10-6-12-21-11-4-2)14-8-5-9-15(13-14)18(19)20/h5,8-9,13,16-17H,3-4,6-7,10-12H2,1-2H3. The number of nitro benzene ring substituents is 1. The Bertz CT molecular complexity index is 424. The Morgan fingerprint density at radius 1 is 1.29 bits per heavy atom. The van der Waals surface area contributed by atoms with E-state index < -0.39 is 0 Å². The van der Waals surface area contributed by atoms with E-state index in [1.165, 1.54) is 6.07 Å². The molecule has 0 aliphatic rings. The largest absolute Gasteiger partial charge is 0.381 e. The van der Waals surface area contributed by atoms with Crippen LogP contribution < -0.4 is 5.32 Å². The van der Waals surface area contributed by atoms with Gasteiger partial charge in [-0.2, -0.15) is 0 Å². The molecule has 5 nitrogen and oxygen atoms in total. The van der Waals surface area contributed by atoms with Gasteiger partial charge in [-0.3, -0.25) is 10.1 Å². The van der Waals surface area contributed by atoms with Gasteiger partial charge < -0.3 is 10.1 Å². The normalized spacial score (nSPS) is 12.3. The quantitative estimate of drug-likeness (QED) is 0.382. The molecule has 0 saturated carbocycles. The highest BCUT2D eigenvalue weighted by Crippen LogP contribution is 2.22. The van der Waals surface area contributed by atoms with Crippen molar-refractivity contribution in [1.29, 1.82) is 0 Å². The summed E-state index contributed by atoms with van der Waals surface area (Å²) in [5.41, 5.74) is 1.14. The van der Waals surface area contributed by atoms with E-state index in [1.807, 2.05) is 6.07 Å². The van der Waals surface area contributed by atoms with Crippen LogP contribution in [0.3, 0.4) is 0 Å². The highest BCUT2D eigenvalue weighted by Gasteiger charge is 2.13. The second-order valence-corrected chi connectivity index (χ2v) is 5.11. The average molecular weight is 294 g/mol. The molecule has 1 aromatic rings. The number of nitrogens with zero attached hydrogens (tertiary/aromatic N) is 1. The fourth-order valence-electron chi connectivity index (χ4n) is 2.23. The summed E-state index contributed by atoms with van der Waals surface area (Å²) >= 11 is 0. The van der Waals surface area contributed by atoms with Crippen LogP contribution in [0.1, 0.15) is 51.1 Å². The number of benzene rings is 1. The molecule has 0 aliphatic heterocycles. The van der Waals surface area contributed by atoms with Crippen molar-refractivity contribution >= 4 is 5.69 Å². The third kappa shape index (κ3) is 6.69. The van der Waals surface area contributed by atoms with Crippen LogP contribution in [0.4, 0.5) is 5.69 Å². The molecule has 0 bridgehead atoms. The van der Waals surface area contributed by atoms with Gasteiger partial charge in [-0.25, -0.2) is 0 Å². The van der Waals surface area contributed by atoms with Gasteiger partial charge in [0.1, 0.15) is 0 Å². The van der Waals surface area contributed by atoms with Crippen molar-refractivity contribution in [1.82, 2.24) is 5.32 Å². The van der Waals surface area contributed by atoms with Crippen LogP contribution in [-0.4, -0.2) is 24.7 Å². The van der Waals surface area contributed by atoms with Crippen molar-refractivity contribution in [2.75, 3.05) is 19.8 Å². The minimum atomic E-state index is -0.342. The van der Waals surface area contributed by atoms with Crippen molar-refractivity contribution in [3.63, 3.8) is 0 Å². The summed E-state index contributed by atoms with van der Waals surface area (Å²) in [6.45, 7) is 6.64. The van der Waals surface area contributed by atoms with Crippen LogP contribution in [-0.2, 0) is 4.74 Å². The molecule has 0 fully saturated rings. The van der Waals surface area contributed by atoms with Crippen LogP contribution in [0.25, 0.3) is 0 Å². The number of rotatable bonds is 11. The van der Waals surface area contributed by atoms with Crippen molar-refractivity contribution in [3.05, 3.63) is 39.9 Å². The molecule has 0 heterocycles. The summed E-state index contributed by atoms with van der Waals surface area (Å²) in [5.74, 6) is 0. The number of hydrogen-bond acceptors (Lipinski definition) is 4. The highest BCUT2D eigenvalue weighted by atomic mass is 16.6. The molecule has 1 N–H and O–H groups in total. The maximum absolute atomic E-state index is 10.9. The number of non-ortho nitro benzene ring substituents is 1. The van der Waals surface area contributed by atoms with Crippen LogP contribution >= 0.6 is 0 Å². The van der Waals surface area contributed by atoms with Gasteiger partial charge in [0.25, 0.3) is 5.69 Å². The summed E-state index contributed by atoms with van der Waals surface area (Å²) in [4.78, 5) is 10.5. The second-order valence-electron chi connectivity index (χ2n) is 5.11. The van der Waals surface area contributed by atoms with Gasteiger partial charge in [-0.05, 0) is 31.4 Å². The molecular formula is C16H26N2O3. The third-order valence-corrected chi connectivity index (χ3v) is 3.27. The molecule has 0 aromatic heterocycles. The predicted octanol–water partition coefficient (Wildman–Crippen LogP) is 3.84. The molecule has 118 valence electrons. The fraction of sp³-hybridized carbons (Fsp3) is 0.625. The molecule has 1 rings (SSSR count). The Labute approximate surface area is 126 Å². The summed E-state index contributed by atoms with van der Waals surface area (Å²) in [5, 5.41) is 14.3. The first-order chi connectivity index (χ1) is 10.2. The molecule has 5 heteroatoms. The molecular weight excluding hydrogens is 268 g/mol. The number of hydrogen-bond donors (Lipinski definition) is 1. The molecule has 1 unspecified atom stereocenters. The molecule has 0 radical (unpaired) electrons. The third-order valence-electron chi connectivity index (χ3n) is 3.27. The summed E-state index contributed by atoms with van der Waals surface area (Å²) in [6, 6.07) is 7.07. The minimum Gasteiger partial charge on any atom is -0.381 e. The molecule has 0 saturated heterocycles. The molecule has 0 aliphatic carbocycles. The van der Waals surface area contributed by atoms with E-state index in [0.29, 0.717) is 0 Å². The SMILES string of the molecule is CCCOCCCNC(CCC)c1cccc([N+](=O)[O-])c1. The maximum Gasteiger partial charge on any atom is 0.269 e. The second kappa shape index (κ2) is 10.3. The van der Waals surface area contributed by atoms with Gasteiger partial charge >= 0.3 is 0 Å². The van der Waals surface area contributed by atoms with Gasteiger partial charge in [0, 0.05) is 31.4 Å². The van der Waals surface area contributed by atoms with E-state index >= 15 is 0 Å². The highest BCUT2D eigenvalue weighted by molar-refractivity contribution is 5.35. The van der Waals surface area contributed by atoms with Crippen LogP contribution in [0, 0.1) is 10.1 Å². The molecule has 1 atom stereocenters. The topological polar surface area (TPSA) is 64.4 Å². The Morgan fingerprint density at radius 2 is 2.10 bits per heavy atom. The first-order valence-electron chi connectivity index (χ1n) is 7.74. The summed E-state index contributed by atoms with van der Waals surface area (Å²) in [6.07, 6.45) is 4.00. The van der Waals surface area contributed by atoms with E-state index in [4.69, 9.17) is 4.74 Å². The van der Waals surface area contributed by atoms with Crippen LogP contribution in [0.5, 0.6) is 0 Å². The molecule has 0 spiro atoms. The first kappa shape index (κ1) is 17.6. The van der Waals surface area contributed by atoms with E-state index in [2.05, 4.69) is 19.2 Å².